The molecule has 0 unspecified atom stereocenters. The standard InChI is InChI=1S/C12H17FN2O4S2/c1-14(2)15(11-7-8-20(16,17)9-11)21(18,19)12-5-3-10(13)4-6-12/h3-6,11H,7-9H2,1-2H3/t11-/m1/s1. The molecule has 9 heteroatoms. The van der Waals surface area contributed by atoms with Crippen LogP contribution < -0.4 is 0 Å². The largest absolute Gasteiger partial charge is 0.256 e. The van der Waals surface area contributed by atoms with E-state index in [0.29, 0.717) is 0 Å². The molecule has 1 aromatic carbocycles. The molecule has 1 heterocycles. The van der Waals surface area contributed by atoms with E-state index >= 15 is 0 Å². The Morgan fingerprint density at radius 1 is 1.19 bits per heavy atom. The Morgan fingerprint density at radius 2 is 1.76 bits per heavy atom. The third kappa shape index (κ3) is 3.42. The fraction of sp³-hybridized carbons (Fsp3) is 0.500. The summed E-state index contributed by atoms with van der Waals surface area (Å²) in [4.78, 5) is -0.0677. The molecule has 2 rings (SSSR count). The highest BCUT2D eigenvalue weighted by atomic mass is 32.2. The van der Waals surface area contributed by atoms with E-state index < -0.39 is 31.7 Å². The second kappa shape index (κ2) is 5.64. The van der Waals surface area contributed by atoms with E-state index in [1.165, 1.54) is 31.2 Å². The smallest absolute Gasteiger partial charge is 0.234 e. The molecule has 1 atom stereocenters. The number of halogens is 1. The molecular formula is C12H17FN2O4S2. The van der Waals surface area contributed by atoms with Crippen LogP contribution in [-0.4, -0.2) is 57.9 Å². The average Bonchev–Trinajstić information content (AvgIpc) is 2.69. The molecule has 0 N–H and O–H groups in total. The highest BCUT2D eigenvalue weighted by Gasteiger charge is 2.40. The molecule has 0 radical (unpaired) electrons. The lowest BCUT2D eigenvalue weighted by atomic mass is 10.3. The molecule has 0 saturated carbocycles. The molecule has 0 bridgehead atoms. The number of benzene rings is 1. The van der Waals surface area contributed by atoms with E-state index in [1.807, 2.05) is 0 Å². The summed E-state index contributed by atoms with van der Waals surface area (Å²) in [6, 6.07) is 3.83. The lowest BCUT2D eigenvalue weighted by Crippen LogP contribution is -2.49. The normalized spacial score (nSPS) is 22.0. The van der Waals surface area contributed by atoms with Gasteiger partial charge in [0.25, 0.3) is 10.0 Å². The van der Waals surface area contributed by atoms with Crippen LogP contribution in [0.15, 0.2) is 29.2 Å². The van der Waals surface area contributed by atoms with Crippen LogP contribution in [0.2, 0.25) is 0 Å². The molecule has 0 aliphatic carbocycles. The van der Waals surface area contributed by atoms with Crippen molar-refractivity contribution in [3.05, 3.63) is 30.1 Å². The minimum atomic E-state index is -3.92. The first-order valence-corrected chi connectivity index (χ1v) is 9.57. The number of sulfone groups is 1. The average molecular weight is 336 g/mol. The van der Waals surface area contributed by atoms with Crippen LogP contribution in [0.1, 0.15) is 6.42 Å². The zero-order valence-corrected chi connectivity index (χ0v) is 13.4. The summed E-state index contributed by atoms with van der Waals surface area (Å²) in [6.07, 6.45) is 0.251. The summed E-state index contributed by atoms with van der Waals surface area (Å²) in [5.74, 6) is -0.763. The van der Waals surface area contributed by atoms with Gasteiger partial charge in [0.2, 0.25) is 0 Å². The van der Waals surface area contributed by atoms with Crippen LogP contribution in [0, 0.1) is 5.82 Å². The van der Waals surface area contributed by atoms with Gasteiger partial charge in [0.1, 0.15) is 5.82 Å². The topological polar surface area (TPSA) is 74.8 Å². The maximum atomic E-state index is 12.9. The summed E-state index contributed by atoms with van der Waals surface area (Å²) in [5, 5.41) is 1.35. The summed E-state index contributed by atoms with van der Waals surface area (Å²) in [6.45, 7) is 0. The van der Waals surface area contributed by atoms with Gasteiger partial charge in [0, 0.05) is 14.1 Å². The van der Waals surface area contributed by atoms with Crippen molar-refractivity contribution in [2.45, 2.75) is 17.4 Å². The molecular weight excluding hydrogens is 319 g/mol. The van der Waals surface area contributed by atoms with Crippen molar-refractivity contribution in [2.24, 2.45) is 0 Å². The predicted octanol–water partition coefficient (Wildman–Crippen LogP) is 0.480. The Bertz CT molecular complexity index is 714. The first-order valence-electron chi connectivity index (χ1n) is 6.31. The van der Waals surface area contributed by atoms with E-state index in [2.05, 4.69) is 0 Å². The van der Waals surface area contributed by atoms with Crippen LogP contribution in [0.25, 0.3) is 0 Å². The fourth-order valence-corrected chi connectivity index (χ4v) is 5.89. The van der Waals surface area contributed by atoms with E-state index in [4.69, 9.17) is 0 Å². The maximum Gasteiger partial charge on any atom is 0.256 e. The van der Waals surface area contributed by atoms with E-state index in [-0.39, 0.29) is 22.8 Å². The number of nitrogens with zero attached hydrogens (tertiary/aromatic N) is 2. The summed E-state index contributed by atoms with van der Waals surface area (Å²) < 4.78 is 62.5. The van der Waals surface area contributed by atoms with Gasteiger partial charge in [-0.3, -0.25) is 0 Å². The molecule has 1 aliphatic rings. The van der Waals surface area contributed by atoms with Crippen LogP contribution in [0.5, 0.6) is 0 Å². The monoisotopic (exact) mass is 336 g/mol. The molecule has 1 saturated heterocycles. The molecule has 21 heavy (non-hydrogen) atoms. The van der Waals surface area contributed by atoms with Gasteiger partial charge in [-0.2, -0.15) is 0 Å². The molecule has 0 aromatic heterocycles. The van der Waals surface area contributed by atoms with E-state index in [1.54, 1.807) is 0 Å². The second-order valence-corrected chi connectivity index (χ2v) is 9.16. The number of rotatable bonds is 4. The number of hydrogen-bond acceptors (Lipinski definition) is 5. The Morgan fingerprint density at radius 3 is 2.19 bits per heavy atom. The first kappa shape index (κ1) is 16.3. The number of hydrazine groups is 1. The van der Waals surface area contributed by atoms with Crippen molar-refractivity contribution < 1.29 is 21.2 Å². The molecule has 1 aliphatic heterocycles. The van der Waals surface area contributed by atoms with Crippen molar-refractivity contribution in [3.63, 3.8) is 0 Å². The van der Waals surface area contributed by atoms with Crippen molar-refractivity contribution in [3.8, 4) is 0 Å². The van der Waals surface area contributed by atoms with E-state index in [9.17, 15) is 21.2 Å². The number of hydrogen-bond donors (Lipinski definition) is 0. The van der Waals surface area contributed by atoms with Gasteiger partial charge in [-0.15, -0.1) is 4.41 Å². The van der Waals surface area contributed by atoms with Crippen molar-refractivity contribution >= 4 is 19.9 Å². The zero-order valence-electron chi connectivity index (χ0n) is 11.7. The molecule has 0 spiro atoms. The molecule has 1 fully saturated rings. The lowest BCUT2D eigenvalue weighted by Gasteiger charge is -2.32. The Balaban J connectivity index is 2.40. The molecule has 0 amide bonds. The highest BCUT2D eigenvalue weighted by molar-refractivity contribution is 7.92. The number of sulfonamides is 1. The quantitative estimate of drug-likeness (QED) is 0.748. The van der Waals surface area contributed by atoms with Crippen LogP contribution in [-0.2, 0) is 19.9 Å². The summed E-state index contributed by atoms with van der Waals surface area (Å²) in [7, 11) is -4.07. The summed E-state index contributed by atoms with van der Waals surface area (Å²) >= 11 is 0. The first-order chi connectivity index (χ1) is 9.63. The van der Waals surface area contributed by atoms with Gasteiger partial charge < -0.3 is 0 Å². The van der Waals surface area contributed by atoms with Crippen molar-refractivity contribution in [1.29, 1.82) is 0 Å². The van der Waals surface area contributed by atoms with Gasteiger partial charge in [0.05, 0.1) is 22.4 Å². The van der Waals surface area contributed by atoms with Crippen LogP contribution in [0.3, 0.4) is 0 Å². The van der Waals surface area contributed by atoms with Crippen molar-refractivity contribution in [1.82, 2.24) is 9.42 Å². The Hall–Kier alpha value is -1.03. The predicted molar refractivity (Wildman–Crippen MR) is 76.2 cm³/mol. The van der Waals surface area contributed by atoms with Gasteiger partial charge in [-0.25, -0.2) is 26.2 Å². The van der Waals surface area contributed by atoms with Crippen LogP contribution >= 0.6 is 0 Å². The Kier molecular flexibility index (Phi) is 4.39. The maximum absolute atomic E-state index is 12.9. The lowest BCUT2D eigenvalue weighted by molar-refractivity contribution is 0.0893. The fourth-order valence-electron chi connectivity index (χ4n) is 2.40. The van der Waals surface area contributed by atoms with Gasteiger partial charge in [-0.1, -0.05) is 0 Å². The molecule has 6 nitrogen and oxygen atoms in total. The minimum Gasteiger partial charge on any atom is -0.234 e. The highest BCUT2D eigenvalue weighted by Crippen LogP contribution is 2.25. The third-order valence-corrected chi connectivity index (χ3v) is 7.01. The summed E-state index contributed by atoms with van der Waals surface area (Å²) in [5.41, 5.74) is 0. The SMILES string of the molecule is CN(C)N([C@@H]1CCS(=O)(=O)C1)S(=O)(=O)c1ccc(F)cc1. The van der Waals surface area contributed by atoms with Gasteiger partial charge in [0.15, 0.2) is 9.84 Å². The van der Waals surface area contributed by atoms with Gasteiger partial charge in [-0.05, 0) is 30.7 Å². The zero-order chi connectivity index (χ0) is 15.8. The molecule has 1 aromatic rings. The third-order valence-electron chi connectivity index (χ3n) is 3.27. The Labute approximate surface area is 124 Å². The molecule has 118 valence electrons. The van der Waals surface area contributed by atoms with E-state index in [0.717, 1.165) is 16.5 Å². The van der Waals surface area contributed by atoms with Crippen molar-refractivity contribution in [2.75, 3.05) is 25.6 Å². The van der Waals surface area contributed by atoms with Crippen LogP contribution in [0.4, 0.5) is 4.39 Å². The van der Waals surface area contributed by atoms with Gasteiger partial charge >= 0.3 is 0 Å². The second-order valence-electron chi connectivity index (χ2n) is 5.14. The minimum absolute atomic E-state index is 0.0268.